The number of aliphatic imine (C=N–C) groups is 1. The number of carbonyl (C=O) groups is 1. The summed E-state index contributed by atoms with van der Waals surface area (Å²) < 4.78 is 0. The van der Waals surface area contributed by atoms with Gasteiger partial charge in [0, 0.05) is 0 Å². The molecule has 1 aromatic rings. The summed E-state index contributed by atoms with van der Waals surface area (Å²) in [6, 6.07) is -0.278. The highest BCUT2D eigenvalue weighted by atomic mass is 16.2. The van der Waals surface area contributed by atoms with E-state index < -0.39 is 0 Å². The van der Waals surface area contributed by atoms with Gasteiger partial charge >= 0.3 is 0 Å². The maximum atomic E-state index is 11.2. The molecular formula is C7H9N5O. The van der Waals surface area contributed by atoms with Crippen LogP contribution in [0.3, 0.4) is 0 Å². The van der Waals surface area contributed by atoms with E-state index in [0.29, 0.717) is 18.1 Å². The lowest BCUT2D eigenvalue weighted by Gasteiger charge is -1.95. The molecule has 6 heteroatoms. The second-order valence-electron chi connectivity index (χ2n) is 2.73. The van der Waals surface area contributed by atoms with Gasteiger partial charge in [0.25, 0.3) is 0 Å². The lowest BCUT2D eigenvalue weighted by Crippen LogP contribution is -2.29. The van der Waals surface area contributed by atoms with E-state index in [1.807, 2.05) is 6.92 Å². The molecular weight excluding hydrogens is 170 g/mol. The molecule has 1 aromatic heterocycles. The molecule has 6 nitrogen and oxygen atoms in total. The Labute approximate surface area is 74.5 Å². The highest BCUT2D eigenvalue weighted by Gasteiger charge is 2.26. The summed E-state index contributed by atoms with van der Waals surface area (Å²) in [4.78, 5) is 19.3. The smallest absolute Gasteiger partial charge is 0.250 e. The molecule has 68 valence electrons. The van der Waals surface area contributed by atoms with Crippen LogP contribution < -0.4 is 5.32 Å². The van der Waals surface area contributed by atoms with Crippen molar-refractivity contribution in [3.63, 3.8) is 0 Å². The van der Waals surface area contributed by atoms with Crippen molar-refractivity contribution in [2.45, 2.75) is 19.4 Å². The molecule has 1 amide bonds. The third-order valence-electron chi connectivity index (χ3n) is 1.86. The minimum atomic E-state index is -0.278. The third-order valence-corrected chi connectivity index (χ3v) is 1.86. The van der Waals surface area contributed by atoms with E-state index >= 15 is 0 Å². The Morgan fingerprint density at radius 1 is 1.62 bits per heavy atom. The fourth-order valence-corrected chi connectivity index (χ4v) is 1.16. The summed E-state index contributed by atoms with van der Waals surface area (Å²) in [5, 5.41) is 8.95. The zero-order chi connectivity index (χ0) is 9.26. The second kappa shape index (κ2) is 2.96. The number of amidine groups is 1. The number of amides is 1. The van der Waals surface area contributed by atoms with Gasteiger partial charge in [0.2, 0.25) is 5.91 Å². The number of nitrogens with one attached hydrogen (secondary N) is 2. The Balaban J connectivity index is 2.24. The van der Waals surface area contributed by atoms with Crippen LogP contribution in [0.1, 0.15) is 19.2 Å². The molecule has 1 atom stereocenters. The van der Waals surface area contributed by atoms with Gasteiger partial charge in [0.1, 0.15) is 12.4 Å². The molecule has 13 heavy (non-hydrogen) atoms. The lowest BCUT2D eigenvalue weighted by atomic mass is 10.2. The quantitative estimate of drug-likeness (QED) is 0.639. The van der Waals surface area contributed by atoms with Crippen LogP contribution in [0.2, 0.25) is 0 Å². The lowest BCUT2D eigenvalue weighted by molar-refractivity contribution is -0.120. The maximum absolute atomic E-state index is 11.2. The van der Waals surface area contributed by atoms with Crippen molar-refractivity contribution in [3.05, 3.63) is 12.2 Å². The van der Waals surface area contributed by atoms with E-state index in [1.165, 1.54) is 6.33 Å². The van der Waals surface area contributed by atoms with Crippen LogP contribution in [-0.2, 0) is 4.79 Å². The average Bonchev–Trinajstić information content (AvgIpc) is 2.71. The number of aromatic nitrogens is 3. The minimum absolute atomic E-state index is 0.0751. The number of rotatable bonds is 2. The van der Waals surface area contributed by atoms with Gasteiger partial charge in [-0.1, -0.05) is 6.92 Å². The first-order chi connectivity index (χ1) is 6.31. The zero-order valence-corrected chi connectivity index (χ0v) is 7.11. The van der Waals surface area contributed by atoms with Crippen molar-refractivity contribution < 1.29 is 4.79 Å². The van der Waals surface area contributed by atoms with Crippen molar-refractivity contribution in [2.75, 3.05) is 0 Å². The number of H-pyrrole nitrogens is 1. The Bertz CT molecular complexity index is 342. The first-order valence-corrected chi connectivity index (χ1v) is 4.05. The van der Waals surface area contributed by atoms with Gasteiger partial charge in [-0.05, 0) is 6.42 Å². The summed E-state index contributed by atoms with van der Waals surface area (Å²) in [7, 11) is 0. The molecule has 0 radical (unpaired) electrons. The fourth-order valence-electron chi connectivity index (χ4n) is 1.16. The monoisotopic (exact) mass is 179 g/mol. The fraction of sp³-hybridized carbons (Fsp3) is 0.429. The van der Waals surface area contributed by atoms with Crippen LogP contribution in [0.15, 0.2) is 11.3 Å². The van der Waals surface area contributed by atoms with Crippen LogP contribution in [0.25, 0.3) is 0 Å². The molecule has 0 aliphatic carbocycles. The Hall–Kier alpha value is -1.72. The normalized spacial score (nSPS) is 21.5. The van der Waals surface area contributed by atoms with E-state index in [9.17, 15) is 4.79 Å². The molecule has 1 unspecified atom stereocenters. The highest BCUT2D eigenvalue weighted by Crippen LogP contribution is 2.06. The van der Waals surface area contributed by atoms with Crippen LogP contribution in [0.4, 0.5) is 0 Å². The standard InChI is InChI=1S/C7H9N5O/c1-2-4-7(13)11-6(10-4)5-8-3-9-12-5/h3-4H,2H2,1H3,(H,8,9,12)(H,10,11,13). The van der Waals surface area contributed by atoms with Gasteiger partial charge in [-0.3, -0.25) is 14.9 Å². The maximum Gasteiger partial charge on any atom is 0.250 e. The molecule has 1 aliphatic rings. The van der Waals surface area contributed by atoms with Crippen molar-refractivity contribution >= 4 is 11.7 Å². The van der Waals surface area contributed by atoms with Gasteiger partial charge in [0.05, 0.1) is 0 Å². The molecule has 2 rings (SSSR count). The minimum Gasteiger partial charge on any atom is -0.306 e. The van der Waals surface area contributed by atoms with E-state index in [-0.39, 0.29) is 11.9 Å². The van der Waals surface area contributed by atoms with E-state index in [0.717, 1.165) is 0 Å². The van der Waals surface area contributed by atoms with Gasteiger partial charge in [-0.2, -0.15) is 5.10 Å². The summed E-state index contributed by atoms with van der Waals surface area (Å²) in [5.74, 6) is 0.910. The van der Waals surface area contributed by atoms with Gasteiger partial charge in [-0.25, -0.2) is 4.98 Å². The van der Waals surface area contributed by atoms with Crippen molar-refractivity contribution in [1.29, 1.82) is 0 Å². The predicted molar refractivity (Wildman–Crippen MR) is 45.1 cm³/mol. The van der Waals surface area contributed by atoms with E-state index in [2.05, 4.69) is 25.5 Å². The summed E-state index contributed by atoms with van der Waals surface area (Å²) in [6.45, 7) is 1.91. The first kappa shape index (κ1) is 7.90. The van der Waals surface area contributed by atoms with Gasteiger partial charge in [0.15, 0.2) is 11.7 Å². The van der Waals surface area contributed by atoms with Crippen molar-refractivity contribution in [3.8, 4) is 0 Å². The molecule has 0 bridgehead atoms. The molecule has 0 spiro atoms. The van der Waals surface area contributed by atoms with Crippen molar-refractivity contribution in [1.82, 2.24) is 20.5 Å². The number of nitrogens with zero attached hydrogens (tertiary/aromatic N) is 3. The van der Waals surface area contributed by atoms with Gasteiger partial charge < -0.3 is 5.32 Å². The third kappa shape index (κ3) is 1.30. The van der Waals surface area contributed by atoms with Crippen LogP contribution in [-0.4, -0.2) is 33.0 Å². The average molecular weight is 179 g/mol. The molecule has 1 aliphatic heterocycles. The summed E-state index contributed by atoms with van der Waals surface area (Å²) in [6.07, 6.45) is 2.08. The molecule has 0 saturated heterocycles. The molecule has 0 aromatic carbocycles. The van der Waals surface area contributed by atoms with Gasteiger partial charge in [-0.15, -0.1) is 0 Å². The predicted octanol–water partition coefficient (Wildman–Crippen LogP) is -0.540. The second-order valence-corrected chi connectivity index (χ2v) is 2.73. The highest BCUT2D eigenvalue weighted by molar-refractivity contribution is 6.11. The van der Waals surface area contributed by atoms with E-state index in [1.54, 1.807) is 0 Å². The first-order valence-electron chi connectivity index (χ1n) is 4.05. The molecule has 0 saturated carbocycles. The number of carbonyl (C=O) groups excluding carboxylic acids is 1. The van der Waals surface area contributed by atoms with E-state index in [4.69, 9.17) is 0 Å². The number of hydrogen-bond acceptors (Lipinski definition) is 4. The van der Waals surface area contributed by atoms with Crippen molar-refractivity contribution in [2.24, 2.45) is 4.99 Å². The SMILES string of the molecule is CCC1N=C(c2ncn[nH]2)NC1=O. The zero-order valence-electron chi connectivity index (χ0n) is 7.11. The molecule has 0 fully saturated rings. The van der Waals surface area contributed by atoms with Crippen LogP contribution in [0, 0.1) is 0 Å². The Morgan fingerprint density at radius 2 is 2.46 bits per heavy atom. The summed E-state index contributed by atoms with van der Waals surface area (Å²) in [5.41, 5.74) is 0. The molecule has 2 N–H and O–H groups in total. The molecule has 2 heterocycles. The van der Waals surface area contributed by atoms with Crippen LogP contribution in [0.5, 0.6) is 0 Å². The summed E-state index contributed by atoms with van der Waals surface area (Å²) >= 11 is 0. The number of aromatic amines is 1. The number of hydrogen-bond donors (Lipinski definition) is 2. The largest absolute Gasteiger partial charge is 0.306 e. The Kier molecular flexibility index (Phi) is 1.80. The van der Waals surface area contributed by atoms with Crippen LogP contribution >= 0.6 is 0 Å². The topological polar surface area (TPSA) is 83.0 Å². The Morgan fingerprint density at radius 3 is 3.00 bits per heavy atom.